The zero-order chi connectivity index (χ0) is 3.41. The number of hydrogen-bond donors (Lipinski definition) is 0. The summed E-state index contributed by atoms with van der Waals surface area (Å²) in [6.45, 7) is 2.43. The minimum Gasteiger partial charge on any atom is -0.448 e. The molecule has 0 fully saturated rings. The highest BCUT2D eigenvalue weighted by molar-refractivity contribution is 5.97. The number of hydrogen-bond acceptors (Lipinski definition) is 1. The van der Waals surface area contributed by atoms with Crippen molar-refractivity contribution >= 4 is 8.05 Å². The summed E-state index contributed by atoms with van der Waals surface area (Å²) in [6.07, 6.45) is 0. The number of rotatable bonds is 1. The fourth-order valence-electron chi connectivity index (χ4n) is 0. The highest BCUT2D eigenvalue weighted by Crippen LogP contribution is 1.50. The minimum atomic E-state index is 0.597. The summed E-state index contributed by atoms with van der Waals surface area (Å²) in [4.78, 5) is 0. The first-order valence-corrected chi connectivity index (χ1v) is 1.23. The molecular weight excluding hydrogens is 50.8 g/mol. The smallest absolute Gasteiger partial charge is 0.282 e. The molecule has 4 heavy (non-hydrogen) atoms. The van der Waals surface area contributed by atoms with Crippen molar-refractivity contribution in [3.8, 4) is 0 Å². The van der Waals surface area contributed by atoms with Crippen LogP contribution in [0.25, 0.3) is 0 Å². The molecule has 0 saturated carbocycles. The van der Waals surface area contributed by atoms with Gasteiger partial charge in [-0.25, -0.2) is 0 Å². The summed E-state index contributed by atoms with van der Waals surface area (Å²) in [7, 11) is 4.53. The molecule has 0 amide bonds. The molecule has 2 radical (unpaired) electrons. The molecule has 0 unspecified atom stereocenters. The van der Waals surface area contributed by atoms with Crippen molar-refractivity contribution in [1.29, 1.82) is 0 Å². The van der Waals surface area contributed by atoms with Gasteiger partial charge in [0.1, 0.15) is 0 Å². The molecule has 0 heterocycles. The van der Waals surface area contributed by atoms with Crippen LogP contribution in [0, 0.1) is 0 Å². The van der Waals surface area contributed by atoms with E-state index in [0.29, 0.717) is 6.61 Å². The van der Waals surface area contributed by atoms with Crippen LogP contribution in [0.15, 0.2) is 0 Å². The van der Waals surface area contributed by atoms with E-state index in [-0.39, 0.29) is 0 Å². The normalized spacial score (nSPS) is 7.25. The lowest BCUT2D eigenvalue weighted by molar-refractivity contribution is 0.375. The van der Waals surface area contributed by atoms with E-state index in [0.717, 1.165) is 0 Å². The largest absolute Gasteiger partial charge is 0.448 e. The quantitative estimate of drug-likeness (QED) is 0.387. The van der Waals surface area contributed by atoms with Crippen molar-refractivity contribution < 1.29 is 4.65 Å². The Hall–Kier alpha value is 0.0249. The summed E-state index contributed by atoms with van der Waals surface area (Å²) in [5.74, 6) is 0. The topological polar surface area (TPSA) is 9.23 Å². The summed E-state index contributed by atoms with van der Waals surface area (Å²) < 4.78 is 4.04. The molecule has 0 aliphatic rings. The third kappa shape index (κ3) is 2.02. The molecule has 0 aromatic carbocycles. The van der Waals surface area contributed by atoms with Crippen LogP contribution in [0.3, 0.4) is 0 Å². The van der Waals surface area contributed by atoms with Crippen molar-refractivity contribution in [3.05, 3.63) is 0 Å². The maximum absolute atomic E-state index is 4.53. The second-order valence-corrected chi connectivity index (χ2v) is 0.455. The first kappa shape index (κ1) is 4.02. The van der Waals surface area contributed by atoms with Crippen LogP contribution in [0.1, 0.15) is 6.92 Å². The molecule has 0 aliphatic heterocycles. The van der Waals surface area contributed by atoms with Gasteiger partial charge in [-0.2, -0.15) is 0 Å². The van der Waals surface area contributed by atoms with Crippen LogP contribution in [0.2, 0.25) is 0 Å². The van der Waals surface area contributed by atoms with Crippen molar-refractivity contribution in [3.63, 3.8) is 0 Å². The average molecular weight is 55.9 g/mol. The fourth-order valence-corrected chi connectivity index (χ4v) is 0. The van der Waals surface area contributed by atoms with Crippen LogP contribution >= 0.6 is 0 Å². The van der Waals surface area contributed by atoms with Gasteiger partial charge in [0.2, 0.25) is 0 Å². The molecule has 0 aliphatic carbocycles. The third-order valence-corrected chi connectivity index (χ3v) is 0.167. The Kier molecular flexibility index (Phi) is 3.04. The van der Waals surface area contributed by atoms with Gasteiger partial charge in [0.15, 0.2) is 0 Å². The first-order valence-electron chi connectivity index (χ1n) is 1.23. The van der Waals surface area contributed by atoms with Crippen LogP contribution in [0.4, 0.5) is 0 Å². The molecule has 0 spiro atoms. The Labute approximate surface area is 27.4 Å². The molecule has 0 bridgehead atoms. The zero-order valence-electron chi connectivity index (χ0n) is 2.69. The molecular formula is C2H5BO. The average Bonchev–Trinajstić information content (AvgIpc) is 1.37. The van der Waals surface area contributed by atoms with Gasteiger partial charge in [0.25, 0.3) is 8.05 Å². The highest BCUT2D eigenvalue weighted by Gasteiger charge is 1.52. The van der Waals surface area contributed by atoms with Gasteiger partial charge < -0.3 is 4.65 Å². The third-order valence-electron chi connectivity index (χ3n) is 0.167. The van der Waals surface area contributed by atoms with Crippen LogP contribution in [-0.4, -0.2) is 14.7 Å². The molecule has 0 rings (SSSR count). The summed E-state index contributed by atoms with van der Waals surface area (Å²) in [5, 5.41) is 0. The van der Waals surface area contributed by atoms with E-state index in [2.05, 4.69) is 12.7 Å². The van der Waals surface area contributed by atoms with Crippen LogP contribution < -0.4 is 0 Å². The van der Waals surface area contributed by atoms with Crippen LogP contribution in [0.5, 0.6) is 0 Å². The highest BCUT2D eigenvalue weighted by atomic mass is 16.4. The fraction of sp³-hybridized carbons (Fsp3) is 1.00. The lowest BCUT2D eigenvalue weighted by Gasteiger charge is -1.76. The lowest BCUT2D eigenvalue weighted by Crippen LogP contribution is -1.76. The van der Waals surface area contributed by atoms with Gasteiger partial charge >= 0.3 is 0 Å². The summed E-state index contributed by atoms with van der Waals surface area (Å²) >= 11 is 0. The van der Waals surface area contributed by atoms with E-state index >= 15 is 0 Å². The predicted octanol–water partition coefficient (Wildman–Crippen LogP) is 0.106. The van der Waals surface area contributed by atoms with E-state index in [1.54, 1.807) is 0 Å². The van der Waals surface area contributed by atoms with Crippen molar-refractivity contribution in [1.82, 2.24) is 0 Å². The Morgan fingerprint density at radius 3 is 2.25 bits per heavy atom. The van der Waals surface area contributed by atoms with Gasteiger partial charge in [0.05, 0.1) is 0 Å². The Bertz CT molecular complexity index is 8.00. The van der Waals surface area contributed by atoms with E-state index in [1.807, 2.05) is 6.92 Å². The van der Waals surface area contributed by atoms with E-state index < -0.39 is 0 Å². The Balaban J connectivity index is 1.97. The maximum atomic E-state index is 4.53. The zero-order valence-corrected chi connectivity index (χ0v) is 2.69. The van der Waals surface area contributed by atoms with Gasteiger partial charge in [-0.05, 0) is 6.92 Å². The summed E-state index contributed by atoms with van der Waals surface area (Å²) in [6, 6.07) is 0. The molecule has 0 saturated heterocycles. The maximum Gasteiger partial charge on any atom is 0.282 e. The van der Waals surface area contributed by atoms with Crippen molar-refractivity contribution in [2.24, 2.45) is 0 Å². The molecule has 2 heteroatoms. The predicted molar refractivity (Wildman–Crippen MR) is 17.4 cm³/mol. The van der Waals surface area contributed by atoms with E-state index in [4.69, 9.17) is 0 Å². The van der Waals surface area contributed by atoms with Gasteiger partial charge in [-0.15, -0.1) is 0 Å². The van der Waals surface area contributed by atoms with Crippen LogP contribution in [-0.2, 0) is 4.65 Å². The standard InChI is InChI=1S/C2H5BO/c1-2-4-3/h2H2,1H3. The van der Waals surface area contributed by atoms with Crippen molar-refractivity contribution in [2.45, 2.75) is 6.92 Å². The minimum absolute atomic E-state index is 0.597. The van der Waals surface area contributed by atoms with E-state index in [1.165, 1.54) is 0 Å². The monoisotopic (exact) mass is 56.0 g/mol. The molecule has 22 valence electrons. The molecule has 0 atom stereocenters. The second kappa shape index (κ2) is 3.02. The molecule has 0 aromatic rings. The SMILES string of the molecule is [B]OCC. The second-order valence-electron chi connectivity index (χ2n) is 0.455. The molecule has 0 N–H and O–H groups in total. The molecule has 1 nitrogen and oxygen atoms in total. The molecule has 0 aromatic heterocycles. The Morgan fingerprint density at radius 1 is 2.00 bits per heavy atom. The van der Waals surface area contributed by atoms with E-state index in [9.17, 15) is 0 Å². The summed E-state index contributed by atoms with van der Waals surface area (Å²) in [5.41, 5.74) is 0. The Morgan fingerprint density at radius 2 is 2.25 bits per heavy atom. The van der Waals surface area contributed by atoms with Crippen molar-refractivity contribution in [2.75, 3.05) is 6.61 Å². The van der Waals surface area contributed by atoms with Gasteiger partial charge in [-0.1, -0.05) is 0 Å². The lowest BCUT2D eigenvalue weighted by atomic mass is 10.6. The van der Waals surface area contributed by atoms with Gasteiger partial charge in [-0.3, -0.25) is 0 Å². The first-order chi connectivity index (χ1) is 1.91. The van der Waals surface area contributed by atoms with Gasteiger partial charge in [0, 0.05) is 6.61 Å².